The molecule has 3 nitrogen and oxygen atoms in total. The van der Waals surface area contributed by atoms with Gasteiger partial charge in [0.1, 0.15) is 5.60 Å². The molecule has 0 spiro atoms. The summed E-state index contributed by atoms with van der Waals surface area (Å²) in [5.74, 6) is 0.747. The molecule has 1 atom stereocenters. The van der Waals surface area contributed by atoms with Crippen LogP contribution in [0.15, 0.2) is 18.2 Å². The number of hydrogen-bond donors (Lipinski definition) is 1. The fraction of sp³-hybridized carbons (Fsp3) is 0.611. The molecule has 0 bridgehead atoms. The second-order valence-corrected chi connectivity index (χ2v) is 6.80. The van der Waals surface area contributed by atoms with Crippen LogP contribution in [-0.4, -0.2) is 11.6 Å². The first-order valence-electron chi connectivity index (χ1n) is 7.91. The van der Waals surface area contributed by atoms with Crippen LogP contribution in [0.25, 0.3) is 0 Å². The summed E-state index contributed by atoms with van der Waals surface area (Å²) in [4.78, 5) is 12.3. The highest BCUT2D eigenvalue weighted by Crippen LogP contribution is 2.46. The Kier molecular flexibility index (Phi) is 4.60. The number of ether oxygens (including phenoxy) is 1. The fourth-order valence-electron chi connectivity index (χ4n) is 2.70. The third-order valence-electron chi connectivity index (χ3n) is 4.64. The van der Waals surface area contributed by atoms with Crippen molar-refractivity contribution in [3.63, 3.8) is 0 Å². The number of rotatable bonds is 6. The molecule has 1 aromatic rings. The van der Waals surface area contributed by atoms with Crippen molar-refractivity contribution in [1.29, 1.82) is 0 Å². The minimum absolute atomic E-state index is 0.0967. The Morgan fingerprint density at radius 1 is 1.43 bits per heavy atom. The van der Waals surface area contributed by atoms with Crippen molar-refractivity contribution in [1.82, 2.24) is 0 Å². The van der Waals surface area contributed by atoms with Crippen molar-refractivity contribution in [2.24, 2.45) is 5.92 Å². The SMILES string of the molecule is CCC(C)(C)OC(=O)CC(c1cccc(N)c1C)C1CC1. The van der Waals surface area contributed by atoms with Crippen LogP contribution < -0.4 is 5.73 Å². The Labute approximate surface area is 127 Å². The molecular weight excluding hydrogens is 262 g/mol. The number of anilines is 1. The van der Waals surface area contributed by atoms with E-state index >= 15 is 0 Å². The molecule has 0 radical (unpaired) electrons. The van der Waals surface area contributed by atoms with Crippen LogP contribution in [0.2, 0.25) is 0 Å². The average molecular weight is 289 g/mol. The van der Waals surface area contributed by atoms with E-state index in [4.69, 9.17) is 10.5 Å². The largest absolute Gasteiger partial charge is 0.460 e. The molecule has 1 aliphatic rings. The van der Waals surface area contributed by atoms with Crippen molar-refractivity contribution >= 4 is 11.7 Å². The molecule has 2 N–H and O–H groups in total. The summed E-state index contributed by atoms with van der Waals surface area (Å²) < 4.78 is 5.62. The van der Waals surface area contributed by atoms with Gasteiger partial charge >= 0.3 is 5.97 Å². The fourth-order valence-corrected chi connectivity index (χ4v) is 2.70. The Morgan fingerprint density at radius 3 is 2.67 bits per heavy atom. The number of benzene rings is 1. The number of nitrogens with two attached hydrogens (primary N) is 1. The zero-order valence-electron chi connectivity index (χ0n) is 13.6. The van der Waals surface area contributed by atoms with Crippen molar-refractivity contribution in [2.45, 2.75) is 64.9 Å². The molecule has 1 fully saturated rings. The van der Waals surface area contributed by atoms with Gasteiger partial charge in [-0.05, 0) is 69.1 Å². The molecule has 1 aromatic carbocycles. The molecule has 3 heteroatoms. The summed E-state index contributed by atoms with van der Waals surface area (Å²) in [6.07, 6.45) is 3.68. The number of carbonyl (C=O) groups excluding carboxylic acids is 1. The van der Waals surface area contributed by atoms with Crippen LogP contribution in [-0.2, 0) is 9.53 Å². The van der Waals surface area contributed by atoms with Gasteiger partial charge in [-0.15, -0.1) is 0 Å². The Balaban J connectivity index is 2.13. The van der Waals surface area contributed by atoms with Gasteiger partial charge < -0.3 is 10.5 Å². The zero-order chi connectivity index (χ0) is 15.6. The molecule has 0 amide bonds. The van der Waals surface area contributed by atoms with E-state index in [1.165, 1.54) is 18.4 Å². The highest BCUT2D eigenvalue weighted by molar-refractivity contribution is 5.71. The van der Waals surface area contributed by atoms with Gasteiger partial charge in [-0.25, -0.2) is 0 Å². The van der Waals surface area contributed by atoms with E-state index in [9.17, 15) is 4.79 Å². The van der Waals surface area contributed by atoms with Crippen LogP contribution in [0.3, 0.4) is 0 Å². The van der Waals surface area contributed by atoms with Crippen LogP contribution in [0.4, 0.5) is 5.69 Å². The molecule has 2 rings (SSSR count). The van der Waals surface area contributed by atoms with Crippen LogP contribution in [0.1, 0.15) is 63.5 Å². The van der Waals surface area contributed by atoms with E-state index in [-0.39, 0.29) is 17.5 Å². The van der Waals surface area contributed by atoms with Crippen LogP contribution >= 0.6 is 0 Å². The van der Waals surface area contributed by atoms with Crippen molar-refractivity contribution in [3.8, 4) is 0 Å². The highest BCUT2D eigenvalue weighted by Gasteiger charge is 2.36. The lowest BCUT2D eigenvalue weighted by molar-refractivity contribution is -0.157. The monoisotopic (exact) mass is 289 g/mol. The van der Waals surface area contributed by atoms with Gasteiger partial charge in [-0.3, -0.25) is 4.79 Å². The normalized spacial score (nSPS) is 16.6. The summed E-state index contributed by atoms with van der Waals surface area (Å²) in [6, 6.07) is 6.00. The van der Waals surface area contributed by atoms with Crippen molar-refractivity contribution in [2.75, 3.05) is 5.73 Å². The van der Waals surface area contributed by atoms with Gasteiger partial charge in [0.15, 0.2) is 0 Å². The molecule has 0 aliphatic heterocycles. The van der Waals surface area contributed by atoms with E-state index in [1.54, 1.807) is 0 Å². The third-order valence-corrected chi connectivity index (χ3v) is 4.64. The van der Waals surface area contributed by atoms with E-state index in [0.717, 1.165) is 17.7 Å². The van der Waals surface area contributed by atoms with E-state index in [2.05, 4.69) is 6.07 Å². The van der Waals surface area contributed by atoms with Gasteiger partial charge in [-0.1, -0.05) is 19.1 Å². The molecule has 116 valence electrons. The quantitative estimate of drug-likeness (QED) is 0.631. The molecule has 1 unspecified atom stereocenters. The summed E-state index contributed by atoms with van der Waals surface area (Å²) in [7, 11) is 0. The predicted octanol–water partition coefficient (Wildman–Crippen LogP) is 4.19. The lowest BCUT2D eigenvalue weighted by Gasteiger charge is -2.26. The predicted molar refractivity (Wildman–Crippen MR) is 86.1 cm³/mol. The van der Waals surface area contributed by atoms with Crippen molar-refractivity contribution < 1.29 is 9.53 Å². The molecular formula is C18H27NO2. The third kappa shape index (κ3) is 3.99. The maximum Gasteiger partial charge on any atom is 0.306 e. The second-order valence-electron chi connectivity index (χ2n) is 6.80. The molecule has 0 aromatic heterocycles. The molecule has 0 heterocycles. The summed E-state index contributed by atoms with van der Waals surface area (Å²) in [6.45, 7) is 8.00. The van der Waals surface area contributed by atoms with E-state index in [1.807, 2.05) is 39.8 Å². The Bertz CT molecular complexity index is 518. The number of nitrogen functional groups attached to an aromatic ring is 1. The topological polar surface area (TPSA) is 52.3 Å². The number of esters is 1. The van der Waals surface area contributed by atoms with Crippen LogP contribution in [0.5, 0.6) is 0 Å². The summed E-state index contributed by atoms with van der Waals surface area (Å²) in [5.41, 5.74) is 8.76. The van der Waals surface area contributed by atoms with E-state index in [0.29, 0.717) is 12.3 Å². The van der Waals surface area contributed by atoms with Crippen LogP contribution in [0, 0.1) is 12.8 Å². The Morgan fingerprint density at radius 2 is 2.10 bits per heavy atom. The average Bonchev–Trinajstić information content (AvgIpc) is 3.23. The van der Waals surface area contributed by atoms with Gasteiger partial charge in [-0.2, -0.15) is 0 Å². The van der Waals surface area contributed by atoms with Gasteiger partial charge in [0, 0.05) is 5.69 Å². The lowest BCUT2D eigenvalue weighted by Crippen LogP contribution is -2.28. The Hall–Kier alpha value is -1.51. The maximum absolute atomic E-state index is 12.3. The first-order chi connectivity index (χ1) is 9.84. The zero-order valence-corrected chi connectivity index (χ0v) is 13.6. The maximum atomic E-state index is 12.3. The highest BCUT2D eigenvalue weighted by atomic mass is 16.6. The summed E-state index contributed by atoms with van der Waals surface area (Å²) in [5, 5.41) is 0. The molecule has 0 saturated heterocycles. The lowest BCUT2D eigenvalue weighted by atomic mass is 9.87. The molecule has 1 aliphatic carbocycles. The first-order valence-corrected chi connectivity index (χ1v) is 7.91. The smallest absolute Gasteiger partial charge is 0.306 e. The molecule has 1 saturated carbocycles. The van der Waals surface area contributed by atoms with E-state index < -0.39 is 0 Å². The second kappa shape index (κ2) is 6.08. The number of carbonyl (C=O) groups is 1. The van der Waals surface area contributed by atoms with Crippen molar-refractivity contribution in [3.05, 3.63) is 29.3 Å². The molecule has 21 heavy (non-hydrogen) atoms. The minimum atomic E-state index is -0.379. The summed E-state index contributed by atoms with van der Waals surface area (Å²) >= 11 is 0. The minimum Gasteiger partial charge on any atom is -0.460 e. The van der Waals surface area contributed by atoms with Gasteiger partial charge in [0.05, 0.1) is 6.42 Å². The van der Waals surface area contributed by atoms with Gasteiger partial charge in [0.25, 0.3) is 0 Å². The standard InChI is InChI=1S/C18H27NO2/c1-5-18(3,4)21-17(20)11-15(13-9-10-13)14-7-6-8-16(19)12(14)2/h6-8,13,15H,5,9-11,19H2,1-4H3. The first kappa shape index (κ1) is 15.9. The number of hydrogen-bond acceptors (Lipinski definition) is 3. The van der Waals surface area contributed by atoms with Gasteiger partial charge in [0.2, 0.25) is 0 Å².